The van der Waals surface area contributed by atoms with E-state index in [9.17, 15) is 4.79 Å². The third-order valence-electron chi connectivity index (χ3n) is 3.74. The molecule has 4 nitrogen and oxygen atoms in total. The van der Waals surface area contributed by atoms with Crippen LogP contribution in [-0.2, 0) is 0 Å². The molecule has 0 spiro atoms. The fourth-order valence-corrected chi connectivity index (χ4v) is 2.24. The van der Waals surface area contributed by atoms with Gasteiger partial charge < -0.3 is 14.8 Å². The highest BCUT2D eigenvalue weighted by atomic mass is 16.5. The maximum atomic E-state index is 12.5. The number of carbonyl (C=O) groups is 1. The third kappa shape index (κ3) is 3.22. The van der Waals surface area contributed by atoms with Gasteiger partial charge in [0, 0.05) is 11.3 Å². The Kier molecular flexibility index (Phi) is 4.71. The average Bonchev–Trinajstić information content (AvgIpc) is 2.50. The van der Waals surface area contributed by atoms with Gasteiger partial charge in [-0.1, -0.05) is 6.07 Å². The third-order valence-corrected chi connectivity index (χ3v) is 3.74. The number of anilines is 1. The molecule has 0 aliphatic rings. The van der Waals surface area contributed by atoms with Gasteiger partial charge in [0.1, 0.15) is 0 Å². The van der Waals surface area contributed by atoms with Gasteiger partial charge in [0.25, 0.3) is 5.91 Å². The zero-order chi connectivity index (χ0) is 16.3. The second-order valence-electron chi connectivity index (χ2n) is 5.28. The summed E-state index contributed by atoms with van der Waals surface area (Å²) in [5.41, 5.74) is 4.51. The predicted octanol–water partition coefficient (Wildman–Crippen LogP) is 3.88. The Morgan fingerprint density at radius 2 is 1.50 bits per heavy atom. The zero-order valence-corrected chi connectivity index (χ0v) is 13.6. The molecule has 22 heavy (non-hydrogen) atoms. The second kappa shape index (κ2) is 6.52. The summed E-state index contributed by atoms with van der Waals surface area (Å²) in [5.74, 6) is 0.989. The van der Waals surface area contributed by atoms with Gasteiger partial charge in [0.05, 0.1) is 14.2 Å². The number of aryl methyl sites for hydroxylation is 3. The van der Waals surface area contributed by atoms with E-state index in [4.69, 9.17) is 9.47 Å². The van der Waals surface area contributed by atoms with E-state index in [-0.39, 0.29) is 5.91 Å². The molecule has 0 aliphatic heterocycles. The molecule has 2 rings (SSSR count). The van der Waals surface area contributed by atoms with Gasteiger partial charge in [-0.3, -0.25) is 4.79 Å². The SMILES string of the molecule is COc1cc(C)c(C(=O)Nc2ccc(C)c(C)c2)cc1OC. The number of hydrogen-bond acceptors (Lipinski definition) is 3. The lowest BCUT2D eigenvalue weighted by molar-refractivity contribution is 0.102. The summed E-state index contributed by atoms with van der Waals surface area (Å²) in [6.07, 6.45) is 0. The summed E-state index contributed by atoms with van der Waals surface area (Å²) in [5, 5.41) is 2.92. The van der Waals surface area contributed by atoms with Crippen LogP contribution in [0.1, 0.15) is 27.0 Å². The summed E-state index contributed by atoms with van der Waals surface area (Å²) < 4.78 is 10.5. The molecular formula is C18H21NO3. The van der Waals surface area contributed by atoms with Crippen LogP contribution in [0.25, 0.3) is 0 Å². The Bertz CT molecular complexity index is 708. The summed E-state index contributed by atoms with van der Waals surface area (Å²) in [4.78, 5) is 12.5. The van der Waals surface area contributed by atoms with Crippen LogP contribution < -0.4 is 14.8 Å². The fraction of sp³-hybridized carbons (Fsp3) is 0.278. The Morgan fingerprint density at radius 1 is 0.864 bits per heavy atom. The van der Waals surface area contributed by atoms with Gasteiger partial charge in [-0.25, -0.2) is 0 Å². The summed E-state index contributed by atoms with van der Waals surface area (Å²) in [7, 11) is 3.13. The first-order chi connectivity index (χ1) is 10.5. The lowest BCUT2D eigenvalue weighted by Crippen LogP contribution is -2.14. The first kappa shape index (κ1) is 15.9. The predicted molar refractivity (Wildman–Crippen MR) is 88.2 cm³/mol. The highest BCUT2D eigenvalue weighted by molar-refractivity contribution is 6.05. The van der Waals surface area contributed by atoms with Crippen LogP contribution >= 0.6 is 0 Å². The summed E-state index contributed by atoms with van der Waals surface area (Å²) in [6.45, 7) is 5.93. The summed E-state index contributed by atoms with van der Waals surface area (Å²) >= 11 is 0. The number of hydrogen-bond donors (Lipinski definition) is 1. The van der Waals surface area contributed by atoms with Crippen LogP contribution in [0.15, 0.2) is 30.3 Å². The average molecular weight is 299 g/mol. The van der Waals surface area contributed by atoms with Gasteiger partial charge in [-0.05, 0) is 61.7 Å². The minimum absolute atomic E-state index is 0.165. The van der Waals surface area contributed by atoms with Gasteiger partial charge in [0.15, 0.2) is 11.5 Å². The molecule has 0 radical (unpaired) electrons. The molecule has 0 aromatic heterocycles. The van der Waals surface area contributed by atoms with Crippen molar-refractivity contribution in [3.05, 3.63) is 52.6 Å². The van der Waals surface area contributed by atoms with Crippen LogP contribution in [0, 0.1) is 20.8 Å². The van der Waals surface area contributed by atoms with E-state index in [0.29, 0.717) is 17.1 Å². The van der Waals surface area contributed by atoms with Crippen LogP contribution in [-0.4, -0.2) is 20.1 Å². The molecule has 0 saturated carbocycles. The molecule has 1 N–H and O–H groups in total. The van der Waals surface area contributed by atoms with Crippen molar-refractivity contribution >= 4 is 11.6 Å². The lowest BCUT2D eigenvalue weighted by atomic mass is 10.1. The topological polar surface area (TPSA) is 47.6 Å². The number of amides is 1. The Morgan fingerprint density at radius 3 is 2.09 bits per heavy atom. The van der Waals surface area contributed by atoms with E-state index in [2.05, 4.69) is 5.32 Å². The molecular weight excluding hydrogens is 278 g/mol. The Balaban J connectivity index is 2.31. The monoisotopic (exact) mass is 299 g/mol. The van der Waals surface area contributed by atoms with Crippen molar-refractivity contribution in [2.75, 3.05) is 19.5 Å². The van der Waals surface area contributed by atoms with Crippen molar-refractivity contribution in [1.29, 1.82) is 0 Å². The van der Waals surface area contributed by atoms with E-state index in [1.54, 1.807) is 26.4 Å². The number of ether oxygens (including phenoxy) is 2. The minimum Gasteiger partial charge on any atom is -0.493 e. The van der Waals surface area contributed by atoms with Crippen molar-refractivity contribution in [1.82, 2.24) is 0 Å². The smallest absolute Gasteiger partial charge is 0.256 e. The van der Waals surface area contributed by atoms with E-state index < -0.39 is 0 Å². The van der Waals surface area contributed by atoms with Crippen LogP contribution in [0.4, 0.5) is 5.69 Å². The second-order valence-corrected chi connectivity index (χ2v) is 5.28. The standard InChI is InChI=1S/C18H21NO3/c1-11-6-7-14(8-12(11)2)19-18(20)15-10-17(22-5)16(21-4)9-13(15)3/h6-10H,1-5H3,(H,19,20). The van der Waals surface area contributed by atoms with E-state index in [1.807, 2.05) is 39.0 Å². The normalized spacial score (nSPS) is 10.2. The molecule has 116 valence electrons. The van der Waals surface area contributed by atoms with Crippen LogP contribution in [0.3, 0.4) is 0 Å². The van der Waals surface area contributed by atoms with Crippen molar-refractivity contribution in [2.24, 2.45) is 0 Å². The highest BCUT2D eigenvalue weighted by Crippen LogP contribution is 2.30. The Labute approximate surface area is 131 Å². The van der Waals surface area contributed by atoms with Crippen LogP contribution in [0.2, 0.25) is 0 Å². The van der Waals surface area contributed by atoms with Gasteiger partial charge >= 0.3 is 0 Å². The molecule has 0 saturated heterocycles. The zero-order valence-electron chi connectivity index (χ0n) is 13.6. The minimum atomic E-state index is -0.165. The number of benzene rings is 2. The molecule has 1 amide bonds. The van der Waals surface area contributed by atoms with Crippen molar-refractivity contribution in [2.45, 2.75) is 20.8 Å². The van der Waals surface area contributed by atoms with Crippen molar-refractivity contribution in [3.8, 4) is 11.5 Å². The molecule has 4 heteroatoms. The number of methoxy groups -OCH3 is 2. The van der Waals surface area contributed by atoms with Crippen molar-refractivity contribution in [3.63, 3.8) is 0 Å². The lowest BCUT2D eigenvalue weighted by Gasteiger charge is -2.13. The van der Waals surface area contributed by atoms with E-state index in [1.165, 1.54) is 5.56 Å². The summed E-state index contributed by atoms with van der Waals surface area (Å²) in [6, 6.07) is 9.35. The number of rotatable bonds is 4. The van der Waals surface area contributed by atoms with Crippen molar-refractivity contribution < 1.29 is 14.3 Å². The molecule has 0 heterocycles. The number of carbonyl (C=O) groups excluding carboxylic acids is 1. The van der Waals surface area contributed by atoms with E-state index >= 15 is 0 Å². The molecule has 2 aromatic rings. The molecule has 0 aliphatic carbocycles. The maximum Gasteiger partial charge on any atom is 0.256 e. The first-order valence-electron chi connectivity index (χ1n) is 7.07. The van der Waals surface area contributed by atoms with E-state index in [0.717, 1.165) is 16.8 Å². The first-order valence-corrected chi connectivity index (χ1v) is 7.07. The molecule has 0 unspecified atom stereocenters. The maximum absolute atomic E-state index is 12.5. The molecule has 0 atom stereocenters. The molecule has 2 aromatic carbocycles. The Hall–Kier alpha value is -2.49. The van der Waals surface area contributed by atoms with Gasteiger partial charge in [0.2, 0.25) is 0 Å². The van der Waals surface area contributed by atoms with Crippen LogP contribution in [0.5, 0.6) is 11.5 Å². The molecule has 0 fully saturated rings. The van der Waals surface area contributed by atoms with Gasteiger partial charge in [-0.15, -0.1) is 0 Å². The largest absolute Gasteiger partial charge is 0.493 e. The molecule has 0 bridgehead atoms. The highest BCUT2D eigenvalue weighted by Gasteiger charge is 2.15. The quantitative estimate of drug-likeness (QED) is 0.932. The fourth-order valence-electron chi connectivity index (χ4n) is 2.24. The van der Waals surface area contributed by atoms with Gasteiger partial charge in [-0.2, -0.15) is 0 Å². The number of nitrogens with one attached hydrogen (secondary N) is 1.